The third-order valence-corrected chi connectivity index (χ3v) is 3.16. The molecule has 2 amide bonds. The molecule has 1 saturated heterocycles. The molecular formula is C13H12FN3O4. The van der Waals surface area contributed by atoms with Crippen molar-refractivity contribution in [3.63, 3.8) is 0 Å². The average Bonchev–Trinajstić information content (AvgIpc) is 2.83. The number of benzene rings is 1. The first-order valence-electron chi connectivity index (χ1n) is 6.10. The number of carboxylic acids is 1. The molecule has 1 heterocycles. The topological polar surface area (TPSA) is 114 Å². The normalized spacial score (nSPS) is 20.9. The smallest absolute Gasteiger partial charge is 0.326 e. The van der Waals surface area contributed by atoms with Gasteiger partial charge in [-0.25, -0.2) is 14.0 Å². The number of carboxylic acid groups (broad SMARTS) is 1. The van der Waals surface area contributed by atoms with Crippen LogP contribution in [0.4, 0.5) is 14.9 Å². The second-order valence-corrected chi connectivity index (χ2v) is 4.63. The number of likely N-dealkylation sites (tertiary alicyclic amines) is 1. The second-order valence-electron chi connectivity index (χ2n) is 4.63. The van der Waals surface area contributed by atoms with Crippen molar-refractivity contribution in [2.75, 3.05) is 11.9 Å². The first kappa shape index (κ1) is 14.7. The van der Waals surface area contributed by atoms with Crippen LogP contribution in [-0.4, -0.2) is 45.8 Å². The van der Waals surface area contributed by atoms with Gasteiger partial charge >= 0.3 is 12.0 Å². The second kappa shape index (κ2) is 5.76. The molecule has 0 saturated carbocycles. The largest absolute Gasteiger partial charge is 0.480 e. The van der Waals surface area contributed by atoms with Gasteiger partial charge in [0.05, 0.1) is 11.7 Å². The summed E-state index contributed by atoms with van der Waals surface area (Å²) in [6.45, 7) is -0.102. The molecule has 2 atom stereocenters. The molecule has 21 heavy (non-hydrogen) atoms. The number of rotatable bonds is 2. The molecule has 1 aliphatic heterocycles. The van der Waals surface area contributed by atoms with Crippen LogP contribution in [0.5, 0.6) is 0 Å². The third-order valence-electron chi connectivity index (χ3n) is 3.16. The summed E-state index contributed by atoms with van der Waals surface area (Å²) in [5, 5.41) is 29.6. The Morgan fingerprint density at radius 2 is 2.19 bits per heavy atom. The van der Waals surface area contributed by atoms with E-state index >= 15 is 0 Å². The predicted molar refractivity (Wildman–Crippen MR) is 68.9 cm³/mol. The zero-order chi connectivity index (χ0) is 15.6. The van der Waals surface area contributed by atoms with E-state index in [9.17, 15) is 19.1 Å². The van der Waals surface area contributed by atoms with Crippen molar-refractivity contribution in [1.29, 1.82) is 5.26 Å². The molecule has 1 aromatic carbocycles. The fourth-order valence-corrected chi connectivity index (χ4v) is 2.16. The van der Waals surface area contributed by atoms with Gasteiger partial charge in [-0.3, -0.25) is 0 Å². The van der Waals surface area contributed by atoms with E-state index in [-0.39, 0.29) is 24.2 Å². The van der Waals surface area contributed by atoms with Crippen molar-refractivity contribution in [1.82, 2.24) is 4.90 Å². The van der Waals surface area contributed by atoms with E-state index in [0.29, 0.717) is 0 Å². The van der Waals surface area contributed by atoms with Crippen molar-refractivity contribution >= 4 is 17.7 Å². The fourth-order valence-electron chi connectivity index (χ4n) is 2.16. The predicted octanol–water partition coefficient (Wildman–Crippen LogP) is 0.749. The van der Waals surface area contributed by atoms with Crippen LogP contribution >= 0.6 is 0 Å². The van der Waals surface area contributed by atoms with Gasteiger partial charge in [-0.05, 0) is 18.2 Å². The van der Waals surface area contributed by atoms with E-state index in [1.165, 1.54) is 6.07 Å². The summed E-state index contributed by atoms with van der Waals surface area (Å²) < 4.78 is 13.2. The van der Waals surface area contributed by atoms with Crippen molar-refractivity contribution in [3.8, 4) is 6.07 Å². The van der Waals surface area contributed by atoms with Crippen LogP contribution in [0.3, 0.4) is 0 Å². The van der Waals surface area contributed by atoms with Gasteiger partial charge in [0.25, 0.3) is 0 Å². The summed E-state index contributed by atoms with van der Waals surface area (Å²) >= 11 is 0. The lowest BCUT2D eigenvalue weighted by atomic mass is 10.2. The van der Waals surface area contributed by atoms with Gasteiger partial charge in [0.2, 0.25) is 0 Å². The number of amides is 2. The summed E-state index contributed by atoms with van der Waals surface area (Å²) in [7, 11) is 0. The lowest BCUT2D eigenvalue weighted by molar-refractivity contribution is -0.141. The van der Waals surface area contributed by atoms with E-state index in [0.717, 1.165) is 17.0 Å². The first-order valence-corrected chi connectivity index (χ1v) is 6.10. The number of nitrogens with one attached hydrogen (secondary N) is 1. The van der Waals surface area contributed by atoms with E-state index in [1.807, 2.05) is 0 Å². The molecular weight excluding hydrogens is 281 g/mol. The van der Waals surface area contributed by atoms with Gasteiger partial charge in [-0.1, -0.05) is 0 Å². The third kappa shape index (κ3) is 3.09. The number of aliphatic carboxylic acids is 1. The number of aliphatic hydroxyl groups excluding tert-OH is 1. The van der Waals surface area contributed by atoms with Crippen molar-refractivity contribution in [2.45, 2.75) is 18.6 Å². The Bertz CT molecular complexity index is 628. The van der Waals surface area contributed by atoms with Crippen LogP contribution in [-0.2, 0) is 4.79 Å². The van der Waals surface area contributed by atoms with Crippen LogP contribution in [0.1, 0.15) is 12.0 Å². The number of hydrogen-bond acceptors (Lipinski definition) is 4. The number of carbonyl (C=O) groups is 2. The van der Waals surface area contributed by atoms with Crippen molar-refractivity contribution < 1.29 is 24.2 Å². The van der Waals surface area contributed by atoms with Gasteiger partial charge in [0.15, 0.2) is 0 Å². The Morgan fingerprint density at radius 1 is 1.48 bits per heavy atom. The minimum atomic E-state index is -1.21. The van der Waals surface area contributed by atoms with Crippen LogP contribution in [0, 0.1) is 17.1 Å². The zero-order valence-electron chi connectivity index (χ0n) is 10.8. The van der Waals surface area contributed by atoms with Gasteiger partial charge in [-0.15, -0.1) is 0 Å². The van der Waals surface area contributed by atoms with Crippen molar-refractivity contribution in [3.05, 3.63) is 29.6 Å². The lowest BCUT2D eigenvalue weighted by Gasteiger charge is -2.21. The molecule has 0 spiro atoms. The minimum absolute atomic E-state index is 0.0460. The summed E-state index contributed by atoms with van der Waals surface area (Å²) in [5.74, 6) is -1.92. The molecule has 0 aromatic heterocycles. The van der Waals surface area contributed by atoms with E-state index < -0.39 is 30.0 Å². The molecule has 2 rings (SSSR count). The Labute approximate surface area is 119 Å². The number of carbonyl (C=O) groups excluding carboxylic acids is 1. The maximum Gasteiger partial charge on any atom is 0.326 e. The quantitative estimate of drug-likeness (QED) is 0.744. The number of hydrogen-bond donors (Lipinski definition) is 3. The summed E-state index contributed by atoms with van der Waals surface area (Å²) in [4.78, 5) is 24.0. The molecule has 1 aliphatic rings. The number of nitriles is 1. The molecule has 1 fully saturated rings. The Balaban J connectivity index is 2.14. The molecule has 0 radical (unpaired) electrons. The van der Waals surface area contributed by atoms with Crippen LogP contribution in [0.15, 0.2) is 18.2 Å². The van der Waals surface area contributed by atoms with Gasteiger partial charge < -0.3 is 20.4 Å². The van der Waals surface area contributed by atoms with Crippen molar-refractivity contribution in [2.24, 2.45) is 0 Å². The SMILES string of the molecule is N#Cc1cc(NC(=O)N2CC(O)CC2C(=O)O)ccc1F. The number of aliphatic hydroxyl groups is 1. The Morgan fingerprint density at radius 3 is 2.81 bits per heavy atom. The highest BCUT2D eigenvalue weighted by atomic mass is 19.1. The molecule has 8 heteroatoms. The number of halogens is 1. The molecule has 1 aromatic rings. The first-order chi connectivity index (χ1) is 9.92. The van der Waals surface area contributed by atoms with Crippen LogP contribution < -0.4 is 5.32 Å². The average molecular weight is 293 g/mol. The van der Waals surface area contributed by atoms with E-state index in [1.54, 1.807) is 6.07 Å². The maximum atomic E-state index is 13.2. The van der Waals surface area contributed by atoms with E-state index in [4.69, 9.17) is 10.4 Å². The number of β-amino-alcohol motifs (C(OH)–C–C–N with tert-alkyl or cyclic N) is 1. The number of anilines is 1. The Kier molecular flexibility index (Phi) is 4.05. The Hall–Kier alpha value is -2.66. The summed E-state index contributed by atoms with van der Waals surface area (Å²) in [5.41, 5.74) is -0.0625. The molecule has 7 nitrogen and oxygen atoms in total. The fraction of sp³-hybridized carbons (Fsp3) is 0.308. The highest BCUT2D eigenvalue weighted by Gasteiger charge is 2.39. The lowest BCUT2D eigenvalue weighted by Crippen LogP contribution is -2.43. The van der Waals surface area contributed by atoms with E-state index in [2.05, 4.69) is 5.32 Å². The molecule has 110 valence electrons. The number of nitrogens with zero attached hydrogens (tertiary/aromatic N) is 2. The molecule has 2 unspecified atom stereocenters. The highest BCUT2D eigenvalue weighted by Crippen LogP contribution is 2.20. The van der Waals surface area contributed by atoms with Gasteiger partial charge in [0.1, 0.15) is 17.9 Å². The van der Waals surface area contributed by atoms with Crippen LogP contribution in [0.25, 0.3) is 0 Å². The molecule has 3 N–H and O–H groups in total. The summed E-state index contributed by atoms with van der Waals surface area (Å²) in [6, 6.07) is 3.23. The number of urea groups is 1. The highest BCUT2D eigenvalue weighted by molar-refractivity contribution is 5.93. The van der Waals surface area contributed by atoms with Crippen LogP contribution in [0.2, 0.25) is 0 Å². The summed E-state index contributed by atoms with van der Waals surface area (Å²) in [6.07, 6.45) is -0.949. The molecule has 0 aliphatic carbocycles. The molecule has 0 bridgehead atoms. The van der Waals surface area contributed by atoms with Gasteiger partial charge in [-0.2, -0.15) is 5.26 Å². The maximum absolute atomic E-state index is 13.2. The standard InChI is InChI=1S/C13H12FN3O4/c14-10-2-1-8(3-7(10)5-15)16-13(21)17-6-9(18)4-11(17)12(19)20/h1-3,9,11,18H,4,6H2,(H,16,21)(H,19,20). The minimum Gasteiger partial charge on any atom is -0.480 e. The monoisotopic (exact) mass is 293 g/mol. The zero-order valence-corrected chi connectivity index (χ0v) is 10.8. The van der Waals surface area contributed by atoms with Gasteiger partial charge in [0, 0.05) is 18.7 Å².